The first-order valence-electron chi connectivity index (χ1n) is 10.2. The summed E-state index contributed by atoms with van der Waals surface area (Å²) in [5.41, 5.74) is 0.612. The smallest absolute Gasteiger partial charge is 0.330 e. The van der Waals surface area contributed by atoms with E-state index in [1.54, 1.807) is 0 Å². The molecule has 0 unspecified atom stereocenters. The van der Waals surface area contributed by atoms with Crippen LogP contribution in [-0.4, -0.2) is 56.9 Å². The van der Waals surface area contributed by atoms with Gasteiger partial charge in [-0.05, 0) is 11.1 Å². The molecule has 0 saturated carbocycles. The molecule has 9 heteroatoms. The molecule has 1 aliphatic carbocycles. The quantitative estimate of drug-likeness (QED) is 0.453. The van der Waals surface area contributed by atoms with E-state index in [1.807, 2.05) is 48.5 Å². The lowest BCUT2D eigenvalue weighted by molar-refractivity contribution is -0.0556. The summed E-state index contributed by atoms with van der Waals surface area (Å²) in [5, 5.41) is 30.0. The average Bonchev–Trinajstić information content (AvgIpc) is 3.26. The zero-order valence-electron chi connectivity index (χ0n) is 17.1. The van der Waals surface area contributed by atoms with Crippen molar-refractivity contribution in [1.82, 2.24) is 9.55 Å². The summed E-state index contributed by atoms with van der Waals surface area (Å²) in [7, 11) is 1.49. The highest BCUT2D eigenvalue weighted by molar-refractivity contribution is 5.82. The van der Waals surface area contributed by atoms with Crippen molar-refractivity contribution < 1.29 is 24.8 Å². The van der Waals surface area contributed by atoms with Crippen molar-refractivity contribution in [1.29, 1.82) is 0 Å². The third-order valence-electron chi connectivity index (χ3n) is 6.35. The second-order valence-corrected chi connectivity index (χ2v) is 7.91. The number of benzene rings is 2. The van der Waals surface area contributed by atoms with Gasteiger partial charge in [-0.1, -0.05) is 48.5 Å². The van der Waals surface area contributed by atoms with Gasteiger partial charge in [0.1, 0.15) is 18.3 Å². The van der Waals surface area contributed by atoms with Gasteiger partial charge in [0, 0.05) is 24.4 Å². The van der Waals surface area contributed by atoms with Crippen molar-refractivity contribution in [2.24, 2.45) is 0 Å². The molecule has 2 aliphatic rings. The monoisotopic (exact) mass is 438 g/mol. The molecule has 9 nitrogen and oxygen atoms in total. The molecule has 1 aromatic heterocycles. The van der Waals surface area contributed by atoms with E-state index in [0.29, 0.717) is 0 Å². The molecule has 166 valence electrons. The summed E-state index contributed by atoms with van der Waals surface area (Å²) in [5.74, 6) is 0. The zero-order valence-corrected chi connectivity index (χ0v) is 17.1. The molecule has 1 fully saturated rings. The van der Waals surface area contributed by atoms with Gasteiger partial charge in [0.05, 0.1) is 12.2 Å². The molecule has 32 heavy (non-hydrogen) atoms. The second-order valence-electron chi connectivity index (χ2n) is 7.91. The molecule has 0 radical (unpaired) electrons. The van der Waals surface area contributed by atoms with Gasteiger partial charge >= 0.3 is 5.69 Å². The molecule has 4 N–H and O–H groups in total. The molecule has 4 atom stereocenters. The summed E-state index contributed by atoms with van der Waals surface area (Å²) in [6.45, 7) is -0.539. The van der Waals surface area contributed by atoms with Gasteiger partial charge in [-0.2, -0.15) is 0 Å². The fourth-order valence-corrected chi connectivity index (χ4v) is 4.85. The number of aromatic amines is 1. The lowest BCUT2D eigenvalue weighted by Crippen LogP contribution is -2.43. The molecule has 1 aliphatic heterocycles. The van der Waals surface area contributed by atoms with Gasteiger partial charge in [0.25, 0.3) is 5.56 Å². The van der Waals surface area contributed by atoms with Gasteiger partial charge in [0.15, 0.2) is 11.8 Å². The highest BCUT2D eigenvalue weighted by atomic mass is 16.6. The molecular formula is C23H22N2O7. The highest BCUT2D eigenvalue weighted by Crippen LogP contribution is 2.51. The van der Waals surface area contributed by atoms with E-state index in [1.165, 1.54) is 13.3 Å². The third kappa shape index (κ3) is 2.70. The second kappa shape index (κ2) is 7.51. The van der Waals surface area contributed by atoms with Crippen molar-refractivity contribution in [2.75, 3.05) is 13.7 Å². The topological polar surface area (TPSA) is 134 Å². The number of rotatable bonds is 4. The maximum Gasteiger partial charge on any atom is 0.330 e. The normalized spacial score (nSPS) is 25.5. The van der Waals surface area contributed by atoms with E-state index < -0.39 is 48.0 Å². The Labute approximate surface area is 182 Å². The van der Waals surface area contributed by atoms with E-state index in [-0.39, 0.29) is 5.56 Å². The maximum absolute atomic E-state index is 13.1. The first-order chi connectivity index (χ1) is 15.4. The largest absolute Gasteiger partial charge is 0.394 e. The van der Waals surface area contributed by atoms with Crippen molar-refractivity contribution in [3.8, 4) is 11.1 Å². The number of aliphatic hydroxyl groups excluding tert-OH is 3. The summed E-state index contributed by atoms with van der Waals surface area (Å²) in [4.78, 5) is 28.0. The Morgan fingerprint density at radius 2 is 1.59 bits per heavy atom. The Hall–Kier alpha value is -3.08. The van der Waals surface area contributed by atoms with Gasteiger partial charge in [-0.3, -0.25) is 14.3 Å². The van der Waals surface area contributed by atoms with Gasteiger partial charge in [0.2, 0.25) is 0 Å². The third-order valence-corrected chi connectivity index (χ3v) is 6.35. The average molecular weight is 438 g/mol. The summed E-state index contributed by atoms with van der Waals surface area (Å²) in [6, 6.07) is 15.1. The van der Waals surface area contributed by atoms with Gasteiger partial charge in [-0.25, -0.2) is 4.79 Å². The first-order valence-corrected chi connectivity index (χ1v) is 10.2. The van der Waals surface area contributed by atoms with Crippen LogP contribution in [0.1, 0.15) is 22.9 Å². The fraction of sp³-hybridized carbons (Fsp3) is 0.304. The predicted octanol–water partition coefficient (Wildman–Crippen LogP) is 0.0668. The number of H-pyrrole nitrogens is 1. The highest BCUT2D eigenvalue weighted by Gasteiger charge is 2.48. The lowest BCUT2D eigenvalue weighted by Gasteiger charge is -2.31. The van der Waals surface area contributed by atoms with Crippen LogP contribution >= 0.6 is 0 Å². The Bertz CT molecular complexity index is 1250. The predicted molar refractivity (Wildman–Crippen MR) is 113 cm³/mol. The minimum absolute atomic E-state index is 0.120. The number of aliphatic hydroxyl groups is 3. The molecule has 5 rings (SSSR count). The van der Waals surface area contributed by atoms with Crippen LogP contribution in [-0.2, 0) is 15.1 Å². The Kier molecular flexibility index (Phi) is 4.88. The number of nitrogens with one attached hydrogen (secondary N) is 1. The van der Waals surface area contributed by atoms with Crippen LogP contribution in [0.4, 0.5) is 0 Å². The summed E-state index contributed by atoms with van der Waals surface area (Å²) >= 11 is 0. The Morgan fingerprint density at radius 3 is 2.12 bits per heavy atom. The fourth-order valence-electron chi connectivity index (χ4n) is 4.85. The number of methoxy groups -OCH3 is 1. The number of nitrogens with zero attached hydrogens (tertiary/aromatic N) is 1. The molecule has 2 heterocycles. The first kappa shape index (κ1) is 20.8. The molecule has 1 saturated heterocycles. The maximum atomic E-state index is 13.1. The van der Waals surface area contributed by atoms with Crippen LogP contribution in [0.5, 0.6) is 0 Å². The van der Waals surface area contributed by atoms with Crippen LogP contribution in [0.15, 0.2) is 64.3 Å². The van der Waals surface area contributed by atoms with Crippen LogP contribution in [0.25, 0.3) is 11.1 Å². The molecule has 0 spiro atoms. The summed E-state index contributed by atoms with van der Waals surface area (Å²) in [6.07, 6.45) is -3.95. The van der Waals surface area contributed by atoms with Crippen molar-refractivity contribution in [3.05, 3.63) is 92.3 Å². The molecule has 0 amide bonds. The summed E-state index contributed by atoms with van der Waals surface area (Å²) < 4.78 is 12.6. The van der Waals surface area contributed by atoms with Crippen LogP contribution in [0.2, 0.25) is 0 Å². The van der Waals surface area contributed by atoms with E-state index >= 15 is 0 Å². The van der Waals surface area contributed by atoms with Crippen molar-refractivity contribution in [3.63, 3.8) is 0 Å². The molecular weight excluding hydrogens is 416 g/mol. The lowest BCUT2D eigenvalue weighted by atomic mass is 9.85. The van der Waals surface area contributed by atoms with Crippen LogP contribution in [0.3, 0.4) is 0 Å². The molecule has 2 aromatic carbocycles. The van der Waals surface area contributed by atoms with Crippen molar-refractivity contribution in [2.45, 2.75) is 30.1 Å². The SMILES string of the molecule is COC1(c2cn([C@@H]3O[C@H](CO)[C@@H](O)[C@H]3O)c(=O)[nH]c2=O)c2ccccc2-c2ccccc21. The number of aromatic nitrogens is 2. The van der Waals surface area contributed by atoms with Gasteiger partial charge < -0.3 is 24.8 Å². The standard InChI is InChI=1S/C23H22N2O7/c1-31-23(14-8-4-2-6-12(14)13-7-3-5-9-15(13)23)16-10-25(22(30)24-20(16)29)21-19(28)18(27)17(11-26)32-21/h2-10,17-19,21,26-28H,11H2,1H3,(H,24,29,30)/t17-,18-,19-,21-/m1/s1. The van der Waals surface area contributed by atoms with Crippen LogP contribution in [0, 0.1) is 0 Å². The Morgan fingerprint density at radius 1 is 1.00 bits per heavy atom. The van der Waals surface area contributed by atoms with Gasteiger partial charge in [-0.15, -0.1) is 0 Å². The van der Waals surface area contributed by atoms with E-state index in [9.17, 15) is 24.9 Å². The number of hydrogen-bond acceptors (Lipinski definition) is 7. The number of hydrogen-bond donors (Lipinski definition) is 4. The van der Waals surface area contributed by atoms with E-state index in [4.69, 9.17) is 9.47 Å². The minimum Gasteiger partial charge on any atom is -0.394 e. The molecule has 0 bridgehead atoms. The van der Waals surface area contributed by atoms with Crippen LogP contribution < -0.4 is 11.2 Å². The minimum atomic E-state index is -1.48. The molecule has 3 aromatic rings. The van der Waals surface area contributed by atoms with E-state index in [2.05, 4.69) is 4.98 Å². The van der Waals surface area contributed by atoms with Crippen molar-refractivity contribution >= 4 is 0 Å². The zero-order chi connectivity index (χ0) is 22.6. The van der Waals surface area contributed by atoms with E-state index in [0.717, 1.165) is 26.8 Å². The Balaban J connectivity index is 1.76. The number of ether oxygens (including phenoxy) is 2. The number of fused-ring (bicyclic) bond motifs is 3.